The van der Waals surface area contributed by atoms with Crippen LogP contribution in [0, 0.1) is 5.92 Å². The normalized spacial score (nSPS) is 14.8. The Bertz CT molecular complexity index is 326. The topological polar surface area (TPSA) is 12.0 Å². The third kappa shape index (κ3) is 4.45. The zero-order valence-electron chi connectivity index (χ0n) is 12.7. The van der Waals surface area contributed by atoms with E-state index in [1.165, 1.54) is 24.0 Å². The molecule has 1 heteroatoms. The van der Waals surface area contributed by atoms with Gasteiger partial charge in [0.25, 0.3) is 0 Å². The van der Waals surface area contributed by atoms with Gasteiger partial charge in [-0.2, -0.15) is 0 Å². The fourth-order valence-electron chi connectivity index (χ4n) is 2.50. The minimum Gasteiger partial charge on any atom is -0.314 e. The van der Waals surface area contributed by atoms with Crippen molar-refractivity contribution >= 4 is 0 Å². The summed E-state index contributed by atoms with van der Waals surface area (Å²) in [5.74, 6) is 1.36. The van der Waals surface area contributed by atoms with Gasteiger partial charge in [0.15, 0.2) is 0 Å². The monoisotopic (exact) mass is 247 g/mol. The first-order chi connectivity index (χ1) is 8.58. The highest BCUT2D eigenvalue weighted by atomic mass is 14.9. The van der Waals surface area contributed by atoms with Crippen molar-refractivity contribution in [2.24, 2.45) is 5.92 Å². The third-order valence-corrected chi connectivity index (χ3v) is 3.90. The number of hydrogen-bond donors (Lipinski definition) is 1. The first kappa shape index (κ1) is 15.2. The lowest BCUT2D eigenvalue weighted by molar-refractivity contribution is 0.368. The second kappa shape index (κ2) is 7.58. The van der Waals surface area contributed by atoms with Crippen LogP contribution < -0.4 is 5.32 Å². The average Bonchev–Trinajstić information content (AvgIpc) is 2.36. The number of rotatable bonds is 7. The molecule has 1 aromatic carbocycles. The van der Waals surface area contributed by atoms with Gasteiger partial charge in [0.2, 0.25) is 0 Å². The van der Waals surface area contributed by atoms with Crippen LogP contribution in [0.4, 0.5) is 0 Å². The van der Waals surface area contributed by atoms with Gasteiger partial charge in [-0.05, 0) is 42.9 Å². The van der Waals surface area contributed by atoms with Crippen molar-refractivity contribution in [3.05, 3.63) is 35.4 Å². The smallest absolute Gasteiger partial charge is 0.00699 e. The maximum Gasteiger partial charge on any atom is 0.00699 e. The highest BCUT2D eigenvalue weighted by molar-refractivity contribution is 5.25. The van der Waals surface area contributed by atoms with Gasteiger partial charge in [-0.1, -0.05) is 58.4 Å². The molecule has 0 saturated carbocycles. The zero-order valence-corrected chi connectivity index (χ0v) is 12.7. The summed E-state index contributed by atoms with van der Waals surface area (Å²) in [6.07, 6.45) is 2.42. The van der Waals surface area contributed by atoms with E-state index in [4.69, 9.17) is 0 Å². The van der Waals surface area contributed by atoms with E-state index in [9.17, 15) is 0 Å². The lowest BCUT2D eigenvalue weighted by Crippen LogP contribution is -2.34. The molecular formula is C17H29N. The summed E-state index contributed by atoms with van der Waals surface area (Å²) in [4.78, 5) is 0. The lowest BCUT2D eigenvalue weighted by Gasteiger charge is -2.23. The van der Waals surface area contributed by atoms with Crippen LogP contribution in [0.2, 0.25) is 0 Å². The molecule has 2 unspecified atom stereocenters. The van der Waals surface area contributed by atoms with Gasteiger partial charge >= 0.3 is 0 Å². The van der Waals surface area contributed by atoms with Gasteiger partial charge in [0.1, 0.15) is 0 Å². The summed E-state index contributed by atoms with van der Waals surface area (Å²) in [5, 5.41) is 3.55. The zero-order chi connectivity index (χ0) is 13.5. The Labute approximate surface area is 113 Å². The largest absolute Gasteiger partial charge is 0.314 e. The summed E-state index contributed by atoms with van der Waals surface area (Å²) in [6, 6.07) is 9.77. The highest BCUT2D eigenvalue weighted by Crippen LogP contribution is 2.19. The minimum atomic E-state index is 0.602. The maximum absolute atomic E-state index is 3.55. The molecule has 2 atom stereocenters. The minimum absolute atomic E-state index is 0.602. The Hall–Kier alpha value is -0.820. The fourth-order valence-corrected chi connectivity index (χ4v) is 2.50. The van der Waals surface area contributed by atoms with E-state index in [0.717, 1.165) is 12.5 Å². The van der Waals surface area contributed by atoms with E-state index in [0.29, 0.717) is 12.0 Å². The van der Waals surface area contributed by atoms with Gasteiger partial charge in [0, 0.05) is 6.04 Å². The SMILES string of the molecule is CCNC(C)C(CC)Cc1ccc(C(C)C)cc1. The molecule has 18 heavy (non-hydrogen) atoms. The summed E-state index contributed by atoms with van der Waals surface area (Å²) in [6.45, 7) is 12.3. The first-order valence-electron chi connectivity index (χ1n) is 7.40. The standard InChI is InChI=1S/C17H29N/c1-6-16(14(5)18-7-2)12-15-8-10-17(11-9-15)13(3)4/h8-11,13-14,16,18H,6-7,12H2,1-5H3. The molecule has 0 spiro atoms. The van der Waals surface area contributed by atoms with Gasteiger partial charge in [0.05, 0.1) is 0 Å². The Morgan fingerprint density at radius 1 is 1.00 bits per heavy atom. The molecule has 0 aliphatic heterocycles. The molecule has 0 amide bonds. The Morgan fingerprint density at radius 2 is 1.61 bits per heavy atom. The van der Waals surface area contributed by atoms with Crippen LogP contribution in [-0.2, 0) is 6.42 Å². The van der Waals surface area contributed by atoms with Gasteiger partial charge in [-0.25, -0.2) is 0 Å². The van der Waals surface area contributed by atoms with E-state index < -0.39 is 0 Å². The summed E-state index contributed by atoms with van der Waals surface area (Å²) >= 11 is 0. The van der Waals surface area contributed by atoms with E-state index in [1.807, 2.05) is 0 Å². The summed E-state index contributed by atoms with van der Waals surface area (Å²) < 4.78 is 0. The van der Waals surface area contributed by atoms with Crippen LogP contribution in [0.5, 0.6) is 0 Å². The predicted molar refractivity (Wildman–Crippen MR) is 81.2 cm³/mol. The van der Waals surface area contributed by atoms with Gasteiger partial charge < -0.3 is 5.32 Å². The molecule has 1 aromatic rings. The first-order valence-corrected chi connectivity index (χ1v) is 7.40. The van der Waals surface area contributed by atoms with E-state index in [1.54, 1.807) is 0 Å². The van der Waals surface area contributed by atoms with Crippen LogP contribution in [-0.4, -0.2) is 12.6 Å². The quantitative estimate of drug-likeness (QED) is 0.754. The number of nitrogens with one attached hydrogen (secondary N) is 1. The molecule has 0 bridgehead atoms. The number of benzene rings is 1. The lowest BCUT2D eigenvalue weighted by atomic mass is 9.90. The molecule has 0 radical (unpaired) electrons. The van der Waals surface area contributed by atoms with Crippen LogP contribution in [0.15, 0.2) is 24.3 Å². The van der Waals surface area contributed by atoms with Crippen molar-refractivity contribution in [3.63, 3.8) is 0 Å². The second-order valence-corrected chi connectivity index (χ2v) is 5.62. The van der Waals surface area contributed by atoms with Crippen molar-refractivity contribution in [2.75, 3.05) is 6.54 Å². The van der Waals surface area contributed by atoms with Crippen LogP contribution in [0.25, 0.3) is 0 Å². The molecule has 0 aromatic heterocycles. The summed E-state index contributed by atoms with van der Waals surface area (Å²) in [7, 11) is 0. The summed E-state index contributed by atoms with van der Waals surface area (Å²) in [5.41, 5.74) is 2.91. The number of hydrogen-bond acceptors (Lipinski definition) is 1. The Balaban J connectivity index is 2.64. The van der Waals surface area contributed by atoms with Crippen molar-refractivity contribution in [1.82, 2.24) is 5.32 Å². The molecule has 0 saturated heterocycles. The van der Waals surface area contributed by atoms with Crippen LogP contribution in [0.1, 0.15) is 58.1 Å². The second-order valence-electron chi connectivity index (χ2n) is 5.62. The highest BCUT2D eigenvalue weighted by Gasteiger charge is 2.14. The Morgan fingerprint density at radius 3 is 2.06 bits per heavy atom. The molecule has 0 heterocycles. The molecule has 0 aliphatic carbocycles. The Kier molecular flexibility index (Phi) is 6.42. The molecule has 0 fully saturated rings. The van der Waals surface area contributed by atoms with E-state index in [2.05, 4.69) is 64.2 Å². The van der Waals surface area contributed by atoms with Crippen molar-refractivity contribution in [3.8, 4) is 0 Å². The van der Waals surface area contributed by atoms with Gasteiger partial charge in [-0.3, -0.25) is 0 Å². The molecule has 0 aliphatic rings. The average molecular weight is 247 g/mol. The van der Waals surface area contributed by atoms with Crippen molar-refractivity contribution in [1.29, 1.82) is 0 Å². The maximum atomic E-state index is 3.55. The predicted octanol–water partition coefficient (Wildman–Crippen LogP) is 4.38. The van der Waals surface area contributed by atoms with E-state index >= 15 is 0 Å². The molecule has 1 nitrogen and oxygen atoms in total. The fraction of sp³-hybridized carbons (Fsp3) is 0.647. The molecular weight excluding hydrogens is 218 g/mol. The van der Waals surface area contributed by atoms with Crippen molar-refractivity contribution < 1.29 is 0 Å². The third-order valence-electron chi connectivity index (χ3n) is 3.90. The van der Waals surface area contributed by atoms with Crippen LogP contribution >= 0.6 is 0 Å². The van der Waals surface area contributed by atoms with E-state index in [-0.39, 0.29) is 0 Å². The molecule has 102 valence electrons. The van der Waals surface area contributed by atoms with Gasteiger partial charge in [-0.15, -0.1) is 0 Å². The molecule has 1 N–H and O–H groups in total. The molecule has 1 rings (SSSR count). The van der Waals surface area contributed by atoms with Crippen LogP contribution in [0.3, 0.4) is 0 Å². The van der Waals surface area contributed by atoms with Crippen molar-refractivity contribution in [2.45, 2.75) is 59.4 Å².